The highest BCUT2D eigenvalue weighted by molar-refractivity contribution is 14.1. The predicted molar refractivity (Wildman–Crippen MR) is 89.4 cm³/mol. The van der Waals surface area contributed by atoms with E-state index in [1.807, 2.05) is 22.6 Å². The Morgan fingerprint density at radius 1 is 1.29 bits per heavy atom. The smallest absolute Gasteiger partial charge is 0.306 e. The Morgan fingerprint density at radius 2 is 2.05 bits per heavy atom. The molecule has 21 heavy (non-hydrogen) atoms. The highest BCUT2D eigenvalue weighted by Crippen LogP contribution is 2.23. The number of halogens is 2. The molecular formula is C16H22FIO3. The molecule has 0 spiro atoms. The molecule has 1 aromatic rings. The third-order valence-electron chi connectivity index (χ3n) is 3.12. The summed E-state index contributed by atoms with van der Waals surface area (Å²) < 4.78 is 24.3. The molecule has 0 N–H and O–H groups in total. The molecule has 1 rings (SSSR count). The van der Waals surface area contributed by atoms with Crippen molar-refractivity contribution in [3.8, 4) is 5.75 Å². The first kappa shape index (κ1) is 18.2. The fraction of sp³-hybridized carbons (Fsp3) is 0.562. The zero-order valence-corrected chi connectivity index (χ0v) is 14.7. The second-order valence-electron chi connectivity index (χ2n) is 5.13. The number of carbonyl (C=O) groups excluding carboxylic acids is 1. The molecule has 0 aliphatic rings. The minimum absolute atomic E-state index is 0.166. The van der Waals surface area contributed by atoms with Crippen molar-refractivity contribution in [1.29, 1.82) is 0 Å². The lowest BCUT2D eigenvalue weighted by molar-refractivity contribution is -0.141. The van der Waals surface area contributed by atoms with Crippen LogP contribution in [0.25, 0.3) is 0 Å². The first-order valence-corrected chi connectivity index (χ1v) is 8.71. The number of benzene rings is 1. The second-order valence-corrected chi connectivity index (χ2v) is 5.75. The Bertz CT molecular complexity index is 449. The van der Waals surface area contributed by atoms with Crippen LogP contribution in [0.1, 0.15) is 51.0 Å². The molecule has 0 aliphatic carbocycles. The van der Waals surface area contributed by atoms with Gasteiger partial charge in [-0.1, -0.05) is 19.9 Å². The molecule has 3 nitrogen and oxygen atoms in total. The minimum Gasteiger partial charge on any atom is -0.491 e. The lowest BCUT2D eigenvalue weighted by Gasteiger charge is -2.11. The predicted octanol–water partition coefficient (Wildman–Crippen LogP) is 4.82. The maximum atomic E-state index is 13.6. The van der Waals surface area contributed by atoms with Gasteiger partial charge in [-0.15, -0.1) is 0 Å². The van der Waals surface area contributed by atoms with E-state index in [9.17, 15) is 9.18 Å². The van der Waals surface area contributed by atoms with Gasteiger partial charge in [0.1, 0.15) is 4.61 Å². The minimum atomic E-state index is -0.329. The number of ether oxygens (including phenoxy) is 2. The number of alkyl halides is 1. The number of unbranched alkanes of at least 4 members (excludes halogenated alkanes) is 2. The highest BCUT2D eigenvalue weighted by Gasteiger charge is 2.07. The molecule has 0 heterocycles. The molecule has 0 saturated carbocycles. The number of carbonyl (C=O) groups is 1. The maximum absolute atomic E-state index is 13.6. The topological polar surface area (TPSA) is 35.5 Å². The summed E-state index contributed by atoms with van der Waals surface area (Å²) in [7, 11) is 0. The van der Waals surface area contributed by atoms with E-state index in [0.29, 0.717) is 29.3 Å². The van der Waals surface area contributed by atoms with Gasteiger partial charge >= 0.3 is 5.97 Å². The maximum Gasteiger partial charge on any atom is 0.306 e. The Hall–Kier alpha value is -0.850. The van der Waals surface area contributed by atoms with Gasteiger partial charge in [-0.2, -0.15) is 0 Å². The van der Waals surface area contributed by atoms with Crippen molar-refractivity contribution in [3.05, 3.63) is 29.6 Å². The Labute approximate surface area is 139 Å². The molecule has 118 valence electrons. The van der Waals surface area contributed by atoms with E-state index in [1.54, 1.807) is 12.1 Å². The fourth-order valence-corrected chi connectivity index (χ4v) is 2.20. The van der Waals surface area contributed by atoms with Gasteiger partial charge in [0.2, 0.25) is 0 Å². The summed E-state index contributed by atoms with van der Waals surface area (Å²) in [6.07, 6.45) is 2.86. The number of esters is 1. The second kappa shape index (κ2) is 9.97. The van der Waals surface area contributed by atoms with Crippen molar-refractivity contribution in [2.24, 2.45) is 0 Å². The third-order valence-corrected chi connectivity index (χ3v) is 3.43. The van der Waals surface area contributed by atoms with E-state index >= 15 is 0 Å². The van der Waals surface area contributed by atoms with Crippen LogP contribution < -0.4 is 4.74 Å². The van der Waals surface area contributed by atoms with Crippen LogP contribution >= 0.6 is 22.6 Å². The van der Waals surface area contributed by atoms with E-state index in [-0.39, 0.29) is 11.8 Å². The lowest BCUT2D eigenvalue weighted by atomic mass is 10.0. The van der Waals surface area contributed by atoms with Crippen molar-refractivity contribution >= 4 is 28.6 Å². The van der Waals surface area contributed by atoms with Gasteiger partial charge < -0.3 is 9.47 Å². The third kappa shape index (κ3) is 7.11. The number of hydrogen-bond donors (Lipinski definition) is 0. The summed E-state index contributed by atoms with van der Waals surface area (Å²) in [6.45, 7) is 4.58. The molecular weight excluding hydrogens is 386 g/mol. The largest absolute Gasteiger partial charge is 0.491 e. The van der Waals surface area contributed by atoms with Gasteiger partial charge in [-0.25, -0.2) is 4.39 Å². The lowest BCUT2D eigenvalue weighted by Crippen LogP contribution is -2.03. The summed E-state index contributed by atoms with van der Waals surface area (Å²) in [5.74, 6) is 0.161. The van der Waals surface area contributed by atoms with Crippen molar-refractivity contribution in [3.63, 3.8) is 0 Å². The van der Waals surface area contributed by atoms with Crippen molar-refractivity contribution < 1.29 is 18.7 Å². The average molecular weight is 408 g/mol. The highest BCUT2D eigenvalue weighted by atomic mass is 127. The first-order chi connectivity index (χ1) is 10.0. The van der Waals surface area contributed by atoms with Crippen molar-refractivity contribution in [2.45, 2.75) is 45.4 Å². The fourth-order valence-electron chi connectivity index (χ4n) is 1.85. The van der Waals surface area contributed by atoms with Crippen LogP contribution in [-0.2, 0) is 9.53 Å². The molecule has 0 saturated heterocycles. The zero-order chi connectivity index (χ0) is 15.7. The molecule has 5 heteroatoms. The van der Waals surface area contributed by atoms with Crippen LogP contribution in [0.5, 0.6) is 5.75 Å². The molecule has 0 radical (unpaired) electrons. The van der Waals surface area contributed by atoms with Gasteiger partial charge in [-0.3, -0.25) is 4.79 Å². The SMILES string of the molecule is CC(C)c1ccc(F)c(OCCCCCC(=O)OCI)c1. The van der Waals surface area contributed by atoms with E-state index < -0.39 is 0 Å². The van der Waals surface area contributed by atoms with Gasteiger partial charge in [-0.05, 0) is 65.5 Å². The molecule has 0 aromatic heterocycles. The first-order valence-electron chi connectivity index (χ1n) is 7.18. The van der Waals surface area contributed by atoms with Gasteiger partial charge in [0.25, 0.3) is 0 Å². The van der Waals surface area contributed by atoms with Crippen LogP contribution in [-0.4, -0.2) is 17.2 Å². The van der Waals surface area contributed by atoms with Crippen molar-refractivity contribution in [2.75, 3.05) is 11.2 Å². The van der Waals surface area contributed by atoms with Crippen LogP contribution in [0.15, 0.2) is 18.2 Å². The van der Waals surface area contributed by atoms with Gasteiger partial charge in [0.15, 0.2) is 11.6 Å². The molecule has 1 aromatic carbocycles. The van der Waals surface area contributed by atoms with Gasteiger partial charge in [0.05, 0.1) is 6.61 Å². The number of rotatable bonds is 9. The van der Waals surface area contributed by atoms with Gasteiger partial charge in [0, 0.05) is 6.42 Å². The normalized spacial score (nSPS) is 10.7. The quantitative estimate of drug-likeness (QED) is 0.254. The summed E-state index contributed by atoms with van der Waals surface area (Å²) in [5.41, 5.74) is 1.06. The Morgan fingerprint density at radius 3 is 2.71 bits per heavy atom. The Balaban J connectivity index is 2.26. The monoisotopic (exact) mass is 408 g/mol. The van der Waals surface area contributed by atoms with Crippen LogP contribution in [0.4, 0.5) is 4.39 Å². The molecule has 0 unspecified atom stereocenters. The van der Waals surface area contributed by atoms with Crippen molar-refractivity contribution in [1.82, 2.24) is 0 Å². The van der Waals surface area contributed by atoms with E-state index in [4.69, 9.17) is 9.47 Å². The van der Waals surface area contributed by atoms with E-state index in [1.165, 1.54) is 6.07 Å². The zero-order valence-electron chi connectivity index (χ0n) is 12.5. The molecule has 0 bridgehead atoms. The summed E-state index contributed by atoms with van der Waals surface area (Å²) in [5, 5.41) is 0. The van der Waals surface area contributed by atoms with Crippen LogP contribution in [0.3, 0.4) is 0 Å². The molecule has 0 atom stereocenters. The Kier molecular flexibility index (Phi) is 8.64. The average Bonchev–Trinajstić information content (AvgIpc) is 2.44. The molecule has 0 fully saturated rings. The molecule has 0 aliphatic heterocycles. The molecule has 0 amide bonds. The van der Waals surface area contributed by atoms with Crippen LogP contribution in [0.2, 0.25) is 0 Å². The van der Waals surface area contributed by atoms with Crippen LogP contribution in [0, 0.1) is 5.82 Å². The number of hydrogen-bond acceptors (Lipinski definition) is 3. The standard InChI is InChI=1S/C16H22FIO3/c1-12(2)13-7-8-14(17)15(10-13)20-9-5-3-4-6-16(19)21-11-18/h7-8,10,12H,3-6,9,11H2,1-2H3. The summed E-state index contributed by atoms with van der Waals surface area (Å²) >= 11 is 2.00. The van der Waals surface area contributed by atoms with E-state index in [0.717, 1.165) is 24.8 Å². The summed E-state index contributed by atoms with van der Waals surface area (Å²) in [4.78, 5) is 11.1. The van der Waals surface area contributed by atoms with E-state index in [2.05, 4.69) is 13.8 Å². The summed E-state index contributed by atoms with van der Waals surface area (Å²) in [6, 6.07) is 4.99.